The van der Waals surface area contributed by atoms with Crippen LogP contribution in [0.2, 0.25) is 10.0 Å². The highest BCUT2D eigenvalue weighted by molar-refractivity contribution is 6.35. The minimum absolute atomic E-state index is 0.0800. The number of nitrogens with zero attached hydrogens (tertiary/aromatic N) is 1. The van der Waals surface area contributed by atoms with Gasteiger partial charge in [-0.25, -0.2) is 0 Å². The summed E-state index contributed by atoms with van der Waals surface area (Å²) in [7, 11) is 0. The molecule has 0 aromatic heterocycles. The maximum absolute atomic E-state index is 12.8. The van der Waals surface area contributed by atoms with Gasteiger partial charge in [-0.2, -0.15) is 0 Å². The Morgan fingerprint density at radius 3 is 2.43 bits per heavy atom. The molecule has 5 heteroatoms. The number of aryl methyl sites for hydroxylation is 1. The fourth-order valence-corrected chi connectivity index (χ4v) is 4.22. The number of likely N-dealkylation sites (tertiary alicyclic amines) is 1. The minimum atomic E-state index is 0.0800. The van der Waals surface area contributed by atoms with Crippen molar-refractivity contribution >= 4 is 29.1 Å². The van der Waals surface area contributed by atoms with Crippen LogP contribution < -0.4 is 5.32 Å². The normalized spacial score (nSPS) is 16.7. The molecule has 1 aliphatic heterocycles. The lowest BCUT2D eigenvalue weighted by atomic mass is 9.94. The van der Waals surface area contributed by atoms with E-state index in [1.807, 2.05) is 12.1 Å². The third-order valence-corrected chi connectivity index (χ3v) is 6.16. The maximum atomic E-state index is 12.8. The van der Waals surface area contributed by atoms with Gasteiger partial charge in [0.2, 0.25) is 5.91 Å². The van der Waals surface area contributed by atoms with Crippen LogP contribution in [0.5, 0.6) is 0 Å². The first-order chi connectivity index (χ1) is 13.5. The van der Waals surface area contributed by atoms with Gasteiger partial charge in [0.1, 0.15) is 0 Å². The predicted molar refractivity (Wildman–Crippen MR) is 117 cm³/mol. The van der Waals surface area contributed by atoms with Crippen molar-refractivity contribution in [3.8, 4) is 0 Å². The van der Waals surface area contributed by atoms with Crippen LogP contribution in [0.4, 0.5) is 0 Å². The molecule has 0 unspecified atom stereocenters. The van der Waals surface area contributed by atoms with Crippen molar-refractivity contribution in [1.82, 2.24) is 10.2 Å². The average Bonchev–Trinajstić information content (AvgIpc) is 2.69. The van der Waals surface area contributed by atoms with Crippen LogP contribution in [-0.4, -0.2) is 23.9 Å². The van der Waals surface area contributed by atoms with Crippen molar-refractivity contribution in [1.29, 1.82) is 0 Å². The number of rotatable bonds is 6. The van der Waals surface area contributed by atoms with Crippen LogP contribution >= 0.6 is 23.2 Å². The molecule has 2 aromatic rings. The van der Waals surface area contributed by atoms with Crippen LogP contribution in [0.25, 0.3) is 0 Å². The fraction of sp³-hybridized carbons (Fsp3) is 0.435. The van der Waals surface area contributed by atoms with Gasteiger partial charge < -0.3 is 5.32 Å². The quantitative estimate of drug-likeness (QED) is 0.644. The molecule has 1 saturated heterocycles. The Kier molecular flexibility index (Phi) is 7.39. The van der Waals surface area contributed by atoms with Gasteiger partial charge in [-0.05, 0) is 62.5 Å². The Balaban J connectivity index is 1.52. The highest BCUT2D eigenvalue weighted by Gasteiger charge is 2.26. The average molecular weight is 419 g/mol. The second-order valence-corrected chi connectivity index (χ2v) is 8.51. The molecule has 1 atom stereocenters. The molecule has 1 fully saturated rings. The summed E-state index contributed by atoms with van der Waals surface area (Å²) in [5.74, 6) is 0.257. The fourth-order valence-electron chi connectivity index (χ4n) is 3.75. The molecule has 1 N–H and O–H groups in total. The molecule has 2 aromatic carbocycles. The standard InChI is InChI=1S/C23H28Cl2N2O/c1-3-22(17-6-4-16(2)5-7-17)26-23(28)18-10-12-27(13-11-18)15-19-8-9-20(24)14-21(19)25/h4-9,14,18,22H,3,10-13,15H2,1-2H3,(H,26,28)/t22-/m0/s1. The molecular weight excluding hydrogens is 391 g/mol. The third kappa shape index (κ3) is 5.50. The molecule has 0 aliphatic carbocycles. The number of piperidine rings is 1. The molecule has 150 valence electrons. The van der Waals surface area contributed by atoms with Crippen molar-refractivity contribution in [3.05, 3.63) is 69.2 Å². The topological polar surface area (TPSA) is 32.3 Å². The van der Waals surface area contributed by atoms with Crippen molar-refractivity contribution < 1.29 is 4.79 Å². The molecule has 1 heterocycles. The summed E-state index contributed by atoms with van der Waals surface area (Å²) >= 11 is 12.3. The lowest BCUT2D eigenvalue weighted by Gasteiger charge is -2.32. The Morgan fingerprint density at radius 1 is 1.14 bits per heavy atom. The summed E-state index contributed by atoms with van der Waals surface area (Å²) in [6.45, 7) is 6.79. The monoisotopic (exact) mass is 418 g/mol. The summed E-state index contributed by atoms with van der Waals surface area (Å²) in [5.41, 5.74) is 3.49. The van der Waals surface area contributed by atoms with Gasteiger partial charge in [0.05, 0.1) is 6.04 Å². The molecule has 0 spiro atoms. The second kappa shape index (κ2) is 9.78. The van der Waals surface area contributed by atoms with Crippen LogP contribution in [0, 0.1) is 12.8 Å². The van der Waals surface area contributed by atoms with E-state index in [9.17, 15) is 4.79 Å². The molecular formula is C23H28Cl2N2O. The van der Waals surface area contributed by atoms with E-state index in [1.165, 1.54) is 11.1 Å². The van der Waals surface area contributed by atoms with Gasteiger partial charge in [0.25, 0.3) is 0 Å². The van der Waals surface area contributed by atoms with Crippen LogP contribution in [-0.2, 0) is 11.3 Å². The zero-order chi connectivity index (χ0) is 20.1. The molecule has 3 rings (SSSR count). The van der Waals surface area contributed by atoms with E-state index in [0.717, 1.165) is 44.5 Å². The maximum Gasteiger partial charge on any atom is 0.223 e. The predicted octanol–water partition coefficient (Wildman–Crippen LogP) is 5.78. The summed E-state index contributed by atoms with van der Waals surface area (Å²) < 4.78 is 0. The summed E-state index contributed by atoms with van der Waals surface area (Å²) in [4.78, 5) is 15.2. The van der Waals surface area contributed by atoms with E-state index in [-0.39, 0.29) is 17.9 Å². The Morgan fingerprint density at radius 2 is 1.82 bits per heavy atom. The number of benzene rings is 2. The van der Waals surface area contributed by atoms with E-state index >= 15 is 0 Å². The summed E-state index contributed by atoms with van der Waals surface area (Å²) in [5, 5.41) is 4.62. The molecule has 0 bridgehead atoms. The number of nitrogens with one attached hydrogen (secondary N) is 1. The number of carbonyl (C=O) groups excluding carboxylic acids is 1. The Bertz CT molecular complexity index is 799. The Hall–Kier alpha value is -1.55. The highest BCUT2D eigenvalue weighted by atomic mass is 35.5. The first-order valence-electron chi connectivity index (χ1n) is 9.99. The van der Waals surface area contributed by atoms with E-state index < -0.39 is 0 Å². The van der Waals surface area contributed by atoms with Gasteiger partial charge in [-0.1, -0.05) is 66.0 Å². The van der Waals surface area contributed by atoms with Crippen molar-refractivity contribution in [2.75, 3.05) is 13.1 Å². The first-order valence-corrected chi connectivity index (χ1v) is 10.7. The van der Waals surface area contributed by atoms with E-state index in [0.29, 0.717) is 10.0 Å². The SMILES string of the molecule is CC[C@H](NC(=O)C1CCN(Cc2ccc(Cl)cc2Cl)CC1)c1ccc(C)cc1. The first kappa shape index (κ1) is 21.2. The molecule has 28 heavy (non-hydrogen) atoms. The highest BCUT2D eigenvalue weighted by Crippen LogP contribution is 2.26. The number of halogens is 2. The van der Waals surface area contributed by atoms with Crippen LogP contribution in [0.1, 0.15) is 48.9 Å². The number of amides is 1. The third-order valence-electron chi connectivity index (χ3n) is 5.57. The Labute approximate surface area is 178 Å². The molecule has 0 radical (unpaired) electrons. The molecule has 1 amide bonds. The van der Waals surface area contributed by atoms with Gasteiger partial charge >= 0.3 is 0 Å². The number of hydrogen-bond acceptors (Lipinski definition) is 2. The zero-order valence-corrected chi connectivity index (χ0v) is 18.1. The van der Waals surface area contributed by atoms with Crippen molar-refractivity contribution in [2.45, 2.75) is 45.7 Å². The molecule has 3 nitrogen and oxygen atoms in total. The van der Waals surface area contributed by atoms with Gasteiger partial charge in [0, 0.05) is 22.5 Å². The van der Waals surface area contributed by atoms with Crippen molar-refractivity contribution in [3.63, 3.8) is 0 Å². The smallest absolute Gasteiger partial charge is 0.223 e. The van der Waals surface area contributed by atoms with Crippen LogP contribution in [0.15, 0.2) is 42.5 Å². The van der Waals surface area contributed by atoms with Gasteiger partial charge in [0.15, 0.2) is 0 Å². The summed E-state index contributed by atoms with van der Waals surface area (Å²) in [6, 6.07) is 14.2. The van der Waals surface area contributed by atoms with E-state index in [4.69, 9.17) is 23.2 Å². The number of carbonyl (C=O) groups is 1. The van der Waals surface area contributed by atoms with Gasteiger partial charge in [-0.15, -0.1) is 0 Å². The zero-order valence-electron chi connectivity index (χ0n) is 16.6. The van der Waals surface area contributed by atoms with Crippen molar-refractivity contribution in [2.24, 2.45) is 5.92 Å². The lowest BCUT2D eigenvalue weighted by Crippen LogP contribution is -2.41. The summed E-state index contributed by atoms with van der Waals surface area (Å²) in [6.07, 6.45) is 2.64. The second-order valence-electron chi connectivity index (χ2n) is 7.67. The molecule has 0 saturated carbocycles. The van der Waals surface area contributed by atoms with Gasteiger partial charge in [-0.3, -0.25) is 9.69 Å². The minimum Gasteiger partial charge on any atom is -0.349 e. The largest absolute Gasteiger partial charge is 0.349 e. The lowest BCUT2D eigenvalue weighted by molar-refractivity contribution is -0.127. The van der Waals surface area contributed by atoms with E-state index in [1.54, 1.807) is 6.07 Å². The number of hydrogen-bond donors (Lipinski definition) is 1. The molecule has 1 aliphatic rings. The van der Waals surface area contributed by atoms with E-state index in [2.05, 4.69) is 48.3 Å². The van der Waals surface area contributed by atoms with Crippen LogP contribution in [0.3, 0.4) is 0 Å².